The molecule has 0 radical (unpaired) electrons. The van der Waals surface area contributed by atoms with E-state index >= 15 is 0 Å². The Bertz CT molecular complexity index is 348. The summed E-state index contributed by atoms with van der Waals surface area (Å²) in [4.78, 5) is 8.53. The molecule has 0 saturated carbocycles. The van der Waals surface area contributed by atoms with Gasteiger partial charge in [-0.25, -0.2) is 9.97 Å². The number of aromatic nitrogens is 2. The van der Waals surface area contributed by atoms with E-state index in [1.165, 1.54) is 0 Å². The van der Waals surface area contributed by atoms with Crippen molar-refractivity contribution in [1.29, 1.82) is 0 Å². The molecule has 17 heavy (non-hydrogen) atoms. The summed E-state index contributed by atoms with van der Waals surface area (Å²) in [5.74, 6) is 0.896. The van der Waals surface area contributed by atoms with Gasteiger partial charge in [-0.15, -0.1) is 0 Å². The van der Waals surface area contributed by atoms with Crippen LogP contribution in [0.2, 0.25) is 0 Å². The monoisotopic (exact) mass is 255 g/mol. The Morgan fingerprint density at radius 3 is 2.88 bits per heavy atom. The Labute approximate surface area is 107 Å². The number of aliphatic hydroxyl groups excluding tert-OH is 1. The predicted molar refractivity (Wildman–Crippen MR) is 71.3 cm³/mol. The SMILES string of the molecule is CCNC(C)(CO)CCSc1nccc(C)n1. The van der Waals surface area contributed by atoms with E-state index in [9.17, 15) is 5.11 Å². The lowest BCUT2D eigenvalue weighted by Crippen LogP contribution is -2.46. The summed E-state index contributed by atoms with van der Waals surface area (Å²) >= 11 is 1.63. The Balaban J connectivity index is 2.41. The third kappa shape index (κ3) is 5.02. The average Bonchev–Trinajstić information content (AvgIpc) is 2.29. The van der Waals surface area contributed by atoms with Crippen LogP contribution in [0.4, 0.5) is 0 Å². The molecule has 1 atom stereocenters. The maximum atomic E-state index is 9.35. The average molecular weight is 255 g/mol. The van der Waals surface area contributed by atoms with Gasteiger partial charge < -0.3 is 10.4 Å². The third-order valence-electron chi connectivity index (χ3n) is 2.61. The first-order valence-electron chi connectivity index (χ1n) is 5.88. The van der Waals surface area contributed by atoms with Crippen molar-refractivity contribution in [1.82, 2.24) is 15.3 Å². The van der Waals surface area contributed by atoms with Gasteiger partial charge in [0.05, 0.1) is 6.61 Å². The molecular formula is C12H21N3OS. The van der Waals surface area contributed by atoms with Gasteiger partial charge in [0, 0.05) is 23.2 Å². The second kappa shape index (κ2) is 6.93. The van der Waals surface area contributed by atoms with Crippen molar-refractivity contribution in [2.45, 2.75) is 37.9 Å². The number of thioether (sulfide) groups is 1. The summed E-state index contributed by atoms with van der Waals surface area (Å²) in [5.41, 5.74) is 0.782. The van der Waals surface area contributed by atoms with Crippen LogP contribution in [0.1, 0.15) is 26.0 Å². The van der Waals surface area contributed by atoms with Gasteiger partial charge in [-0.05, 0) is 32.9 Å². The zero-order valence-corrected chi connectivity index (χ0v) is 11.5. The van der Waals surface area contributed by atoms with E-state index in [1.807, 2.05) is 26.8 Å². The van der Waals surface area contributed by atoms with E-state index in [0.717, 1.165) is 29.6 Å². The standard InChI is InChI=1S/C12H21N3OS/c1-4-14-12(3,9-16)6-8-17-11-13-7-5-10(2)15-11/h5,7,14,16H,4,6,8-9H2,1-3H3. The number of nitrogens with zero attached hydrogens (tertiary/aromatic N) is 2. The van der Waals surface area contributed by atoms with Crippen molar-refractivity contribution < 1.29 is 5.11 Å². The molecule has 0 spiro atoms. The molecule has 0 aliphatic rings. The highest BCUT2D eigenvalue weighted by molar-refractivity contribution is 7.99. The fraction of sp³-hybridized carbons (Fsp3) is 0.667. The van der Waals surface area contributed by atoms with Crippen molar-refractivity contribution in [3.63, 3.8) is 0 Å². The van der Waals surface area contributed by atoms with Gasteiger partial charge in [0.25, 0.3) is 0 Å². The van der Waals surface area contributed by atoms with Gasteiger partial charge in [0.2, 0.25) is 0 Å². The van der Waals surface area contributed by atoms with Crippen LogP contribution in [0, 0.1) is 6.92 Å². The summed E-state index contributed by atoms with van der Waals surface area (Å²) in [5, 5.41) is 13.5. The largest absolute Gasteiger partial charge is 0.394 e. The normalized spacial score (nSPS) is 14.6. The second-order valence-corrected chi connectivity index (χ2v) is 5.39. The molecule has 1 heterocycles. The minimum atomic E-state index is -0.203. The number of aryl methyl sites for hydroxylation is 1. The molecule has 0 amide bonds. The molecule has 4 nitrogen and oxygen atoms in total. The van der Waals surface area contributed by atoms with E-state index in [2.05, 4.69) is 15.3 Å². The minimum Gasteiger partial charge on any atom is -0.394 e. The van der Waals surface area contributed by atoms with E-state index in [1.54, 1.807) is 18.0 Å². The second-order valence-electron chi connectivity index (χ2n) is 4.33. The number of hydrogen-bond donors (Lipinski definition) is 2. The van der Waals surface area contributed by atoms with Crippen molar-refractivity contribution in [2.75, 3.05) is 18.9 Å². The number of likely N-dealkylation sites (N-methyl/N-ethyl adjacent to an activating group) is 1. The van der Waals surface area contributed by atoms with Crippen LogP contribution in [0.3, 0.4) is 0 Å². The molecule has 5 heteroatoms. The Morgan fingerprint density at radius 1 is 1.53 bits per heavy atom. The lowest BCUT2D eigenvalue weighted by Gasteiger charge is -2.27. The summed E-state index contributed by atoms with van der Waals surface area (Å²) in [7, 11) is 0. The van der Waals surface area contributed by atoms with Crippen LogP contribution in [0.15, 0.2) is 17.4 Å². The van der Waals surface area contributed by atoms with Gasteiger partial charge in [-0.2, -0.15) is 0 Å². The minimum absolute atomic E-state index is 0.149. The summed E-state index contributed by atoms with van der Waals surface area (Å²) in [6.45, 7) is 7.06. The lowest BCUT2D eigenvalue weighted by atomic mass is 10.0. The van der Waals surface area contributed by atoms with Crippen LogP contribution in [-0.4, -0.2) is 39.5 Å². The molecule has 1 aromatic heterocycles. The van der Waals surface area contributed by atoms with Crippen LogP contribution in [0.25, 0.3) is 0 Å². The fourth-order valence-electron chi connectivity index (χ4n) is 1.51. The van der Waals surface area contributed by atoms with Gasteiger partial charge in [-0.1, -0.05) is 18.7 Å². The Hall–Kier alpha value is -0.650. The van der Waals surface area contributed by atoms with Crippen LogP contribution < -0.4 is 5.32 Å². The molecule has 96 valence electrons. The third-order valence-corrected chi connectivity index (χ3v) is 3.47. The van der Waals surface area contributed by atoms with Crippen molar-refractivity contribution in [3.8, 4) is 0 Å². The lowest BCUT2D eigenvalue weighted by molar-refractivity contribution is 0.173. The zero-order valence-electron chi connectivity index (χ0n) is 10.7. The molecule has 0 fully saturated rings. The molecule has 0 aliphatic carbocycles. The first kappa shape index (κ1) is 14.4. The molecular weight excluding hydrogens is 234 g/mol. The highest BCUT2D eigenvalue weighted by Crippen LogP contribution is 2.18. The van der Waals surface area contributed by atoms with E-state index < -0.39 is 0 Å². The highest BCUT2D eigenvalue weighted by Gasteiger charge is 2.21. The summed E-state index contributed by atoms with van der Waals surface area (Å²) in [6.07, 6.45) is 2.67. The molecule has 1 aromatic rings. The first-order valence-corrected chi connectivity index (χ1v) is 6.86. The summed E-state index contributed by atoms with van der Waals surface area (Å²) < 4.78 is 0. The molecule has 0 aromatic carbocycles. The van der Waals surface area contributed by atoms with E-state index in [-0.39, 0.29) is 12.1 Å². The molecule has 0 bridgehead atoms. The van der Waals surface area contributed by atoms with Gasteiger partial charge in [-0.3, -0.25) is 0 Å². The first-order chi connectivity index (χ1) is 8.09. The van der Waals surface area contributed by atoms with E-state index in [0.29, 0.717) is 0 Å². The molecule has 1 rings (SSSR count). The quantitative estimate of drug-likeness (QED) is 0.573. The molecule has 0 saturated heterocycles. The van der Waals surface area contributed by atoms with Crippen molar-refractivity contribution >= 4 is 11.8 Å². The van der Waals surface area contributed by atoms with Crippen molar-refractivity contribution in [3.05, 3.63) is 18.0 Å². The maximum absolute atomic E-state index is 9.35. The number of nitrogens with one attached hydrogen (secondary N) is 1. The number of aliphatic hydroxyl groups is 1. The Morgan fingerprint density at radius 2 is 2.29 bits per heavy atom. The molecule has 2 N–H and O–H groups in total. The van der Waals surface area contributed by atoms with Crippen LogP contribution in [-0.2, 0) is 0 Å². The zero-order chi connectivity index (χ0) is 12.7. The van der Waals surface area contributed by atoms with E-state index in [4.69, 9.17) is 0 Å². The van der Waals surface area contributed by atoms with Crippen LogP contribution >= 0.6 is 11.8 Å². The molecule has 1 unspecified atom stereocenters. The molecule has 0 aliphatic heterocycles. The maximum Gasteiger partial charge on any atom is 0.187 e. The Kier molecular flexibility index (Phi) is 5.88. The number of hydrogen-bond acceptors (Lipinski definition) is 5. The smallest absolute Gasteiger partial charge is 0.187 e. The topological polar surface area (TPSA) is 58.0 Å². The van der Waals surface area contributed by atoms with Gasteiger partial charge >= 0.3 is 0 Å². The summed E-state index contributed by atoms with van der Waals surface area (Å²) in [6, 6.07) is 1.89. The number of rotatable bonds is 7. The van der Waals surface area contributed by atoms with Gasteiger partial charge in [0.1, 0.15) is 0 Å². The van der Waals surface area contributed by atoms with Gasteiger partial charge in [0.15, 0.2) is 5.16 Å². The van der Waals surface area contributed by atoms with Crippen molar-refractivity contribution in [2.24, 2.45) is 0 Å². The predicted octanol–water partition coefficient (Wildman–Crippen LogP) is 1.63. The van der Waals surface area contributed by atoms with Crippen LogP contribution in [0.5, 0.6) is 0 Å². The fourth-order valence-corrected chi connectivity index (χ4v) is 2.59. The highest BCUT2D eigenvalue weighted by atomic mass is 32.2.